The van der Waals surface area contributed by atoms with Gasteiger partial charge in [-0.2, -0.15) is 0 Å². The fraction of sp³-hybridized carbons (Fsp3) is 0.800. The van der Waals surface area contributed by atoms with Crippen LogP contribution >= 0.6 is 0 Å². The Bertz CT molecular complexity index is 229. The minimum absolute atomic E-state index is 0.0704. The molecule has 0 atom stereocenters. The molecule has 6 heteroatoms. The highest BCUT2D eigenvalue weighted by Crippen LogP contribution is 1.93. The maximum atomic E-state index is 11.1. The van der Waals surface area contributed by atoms with Crippen LogP contribution in [0.4, 0.5) is 0 Å². The van der Waals surface area contributed by atoms with E-state index in [9.17, 15) is 4.79 Å². The summed E-state index contributed by atoms with van der Waals surface area (Å²) >= 11 is 0. The Balaban J connectivity index is 3.35. The van der Waals surface area contributed by atoms with Crippen LogP contribution in [0.1, 0.15) is 33.1 Å². The predicted molar refractivity (Wildman–Crippen MR) is 61.4 cm³/mol. The van der Waals surface area contributed by atoms with E-state index in [1.165, 1.54) is 0 Å². The second-order valence-corrected chi connectivity index (χ2v) is 3.74. The second kappa shape index (κ2) is 8.96. The van der Waals surface area contributed by atoms with Crippen molar-refractivity contribution < 1.29 is 14.7 Å². The second-order valence-electron chi connectivity index (χ2n) is 3.74. The SMILES string of the molecule is CC(C)OCCCCNC(=O)CC(N)=NO. The molecule has 0 aromatic rings. The third-order valence-corrected chi connectivity index (χ3v) is 1.81. The lowest BCUT2D eigenvalue weighted by atomic mass is 10.3. The van der Waals surface area contributed by atoms with Crippen molar-refractivity contribution in [3.05, 3.63) is 0 Å². The number of nitrogens with two attached hydrogens (primary N) is 1. The standard InChI is InChI=1S/C10H21N3O3/c1-8(2)16-6-4-3-5-12-10(14)7-9(11)13-15/h8,15H,3-7H2,1-2H3,(H2,11,13)(H,12,14). The number of ether oxygens (including phenoxy) is 1. The zero-order valence-electron chi connectivity index (χ0n) is 9.90. The van der Waals surface area contributed by atoms with Crippen molar-refractivity contribution in [1.29, 1.82) is 0 Å². The summed E-state index contributed by atoms with van der Waals surface area (Å²) in [6.45, 7) is 5.25. The first-order valence-corrected chi connectivity index (χ1v) is 5.41. The molecule has 0 aromatic carbocycles. The van der Waals surface area contributed by atoms with E-state index < -0.39 is 0 Å². The molecular weight excluding hydrogens is 210 g/mol. The maximum absolute atomic E-state index is 11.1. The average Bonchev–Trinajstić information content (AvgIpc) is 2.22. The normalized spacial score (nSPS) is 11.8. The number of carbonyl (C=O) groups excluding carboxylic acids is 1. The molecule has 16 heavy (non-hydrogen) atoms. The minimum atomic E-state index is -0.236. The van der Waals surface area contributed by atoms with E-state index in [0.29, 0.717) is 13.2 Å². The van der Waals surface area contributed by atoms with E-state index in [1.807, 2.05) is 13.8 Å². The van der Waals surface area contributed by atoms with Crippen LogP contribution in [0, 0.1) is 0 Å². The number of rotatable bonds is 8. The number of hydrogen-bond acceptors (Lipinski definition) is 4. The summed E-state index contributed by atoms with van der Waals surface area (Å²) < 4.78 is 5.35. The number of nitrogens with one attached hydrogen (secondary N) is 1. The fourth-order valence-electron chi connectivity index (χ4n) is 1.04. The predicted octanol–water partition coefficient (Wildman–Crippen LogP) is 0.444. The van der Waals surface area contributed by atoms with Crippen LogP contribution in [0.5, 0.6) is 0 Å². The quantitative estimate of drug-likeness (QED) is 0.186. The molecule has 0 heterocycles. The minimum Gasteiger partial charge on any atom is -0.409 e. The summed E-state index contributed by atoms with van der Waals surface area (Å²) in [5, 5.41) is 13.6. The molecule has 1 amide bonds. The third kappa shape index (κ3) is 9.26. The lowest BCUT2D eigenvalue weighted by Crippen LogP contribution is -2.29. The van der Waals surface area contributed by atoms with Gasteiger partial charge in [0.05, 0.1) is 12.5 Å². The molecule has 0 aliphatic rings. The number of hydrogen-bond donors (Lipinski definition) is 3. The molecule has 0 rings (SSSR count). The van der Waals surface area contributed by atoms with E-state index in [2.05, 4.69) is 10.5 Å². The Morgan fingerprint density at radius 2 is 2.19 bits per heavy atom. The molecule has 0 spiro atoms. The van der Waals surface area contributed by atoms with Crippen LogP contribution < -0.4 is 11.1 Å². The van der Waals surface area contributed by atoms with Crippen molar-refractivity contribution in [2.75, 3.05) is 13.2 Å². The topological polar surface area (TPSA) is 96.9 Å². The number of carbonyl (C=O) groups is 1. The first-order valence-electron chi connectivity index (χ1n) is 5.41. The van der Waals surface area contributed by atoms with Gasteiger partial charge < -0.3 is 21.0 Å². The number of oxime groups is 1. The first kappa shape index (κ1) is 14.7. The summed E-state index contributed by atoms with van der Waals surface area (Å²) in [4.78, 5) is 11.1. The van der Waals surface area contributed by atoms with Gasteiger partial charge in [-0.15, -0.1) is 0 Å². The van der Waals surface area contributed by atoms with Gasteiger partial charge in [-0.1, -0.05) is 5.16 Å². The Morgan fingerprint density at radius 1 is 1.50 bits per heavy atom. The zero-order valence-corrected chi connectivity index (χ0v) is 9.90. The van der Waals surface area contributed by atoms with Gasteiger partial charge in [0.25, 0.3) is 0 Å². The van der Waals surface area contributed by atoms with E-state index in [-0.39, 0.29) is 24.3 Å². The van der Waals surface area contributed by atoms with Gasteiger partial charge in [-0.05, 0) is 26.7 Å². The summed E-state index contributed by atoms with van der Waals surface area (Å²) in [6.07, 6.45) is 1.94. The average molecular weight is 231 g/mol. The van der Waals surface area contributed by atoms with E-state index >= 15 is 0 Å². The number of amidine groups is 1. The monoisotopic (exact) mass is 231 g/mol. The summed E-state index contributed by atoms with van der Waals surface area (Å²) in [5.41, 5.74) is 5.18. The van der Waals surface area contributed by atoms with Gasteiger partial charge in [-0.25, -0.2) is 0 Å². The van der Waals surface area contributed by atoms with Crippen molar-refractivity contribution in [3.63, 3.8) is 0 Å². The van der Waals surface area contributed by atoms with Crippen molar-refractivity contribution in [3.8, 4) is 0 Å². The van der Waals surface area contributed by atoms with E-state index in [4.69, 9.17) is 15.7 Å². The third-order valence-electron chi connectivity index (χ3n) is 1.81. The number of nitrogens with zero attached hydrogens (tertiary/aromatic N) is 1. The molecule has 0 saturated carbocycles. The maximum Gasteiger partial charge on any atom is 0.227 e. The van der Waals surface area contributed by atoms with Crippen LogP contribution in [0.3, 0.4) is 0 Å². The van der Waals surface area contributed by atoms with Gasteiger partial charge in [0.15, 0.2) is 0 Å². The molecule has 0 aliphatic heterocycles. The molecule has 0 saturated heterocycles. The summed E-state index contributed by atoms with van der Waals surface area (Å²) in [5.74, 6) is -0.319. The zero-order chi connectivity index (χ0) is 12.4. The molecule has 0 unspecified atom stereocenters. The smallest absolute Gasteiger partial charge is 0.227 e. The molecule has 0 fully saturated rings. The van der Waals surface area contributed by atoms with Gasteiger partial charge >= 0.3 is 0 Å². The first-order chi connectivity index (χ1) is 7.56. The highest BCUT2D eigenvalue weighted by molar-refractivity contribution is 5.98. The lowest BCUT2D eigenvalue weighted by molar-refractivity contribution is -0.119. The summed E-state index contributed by atoms with van der Waals surface area (Å²) in [6, 6.07) is 0. The Labute approximate surface area is 95.8 Å². The Kier molecular flexibility index (Phi) is 8.24. The molecule has 0 bridgehead atoms. The van der Waals surface area contributed by atoms with Gasteiger partial charge in [-0.3, -0.25) is 4.79 Å². The van der Waals surface area contributed by atoms with Gasteiger partial charge in [0.1, 0.15) is 5.84 Å². The van der Waals surface area contributed by atoms with Gasteiger partial charge in [0.2, 0.25) is 5.91 Å². The van der Waals surface area contributed by atoms with Crippen molar-refractivity contribution in [2.45, 2.75) is 39.2 Å². The molecule has 0 aliphatic carbocycles. The molecule has 6 nitrogen and oxygen atoms in total. The van der Waals surface area contributed by atoms with Crippen LogP contribution in [-0.2, 0) is 9.53 Å². The van der Waals surface area contributed by atoms with Crippen molar-refractivity contribution >= 4 is 11.7 Å². The van der Waals surface area contributed by atoms with Gasteiger partial charge in [0, 0.05) is 13.2 Å². The molecule has 0 aromatic heterocycles. The Hall–Kier alpha value is -1.30. The molecule has 4 N–H and O–H groups in total. The lowest BCUT2D eigenvalue weighted by Gasteiger charge is -2.07. The van der Waals surface area contributed by atoms with Crippen molar-refractivity contribution in [1.82, 2.24) is 5.32 Å². The van der Waals surface area contributed by atoms with Crippen LogP contribution in [-0.4, -0.2) is 36.2 Å². The van der Waals surface area contributed by atoms with E-state index in [1.54, 1.807) is 0 Å². The van der Waals surface area contributed by atoms with E-state index in [0.717, 1.165) is 12.8 Å². The fourth-order valence-corrected chi connectivity index (χ4v) is 1.04. The Morgan fingerprint density at radius 3 is 2.75 bits per heavy atom. The van der Waals surface area contributed by atoms with Crippen molar-refractivity contribution in [2.24, 2.45) is 10.9 Å². The highest BCUT2D eigenvalue weighted by Gasteiger charge is 2.03. The molecule has 0 radical (unpaired) electrons. The van der Waals surface area contributed by atoms with Crippen LogP contribution in [0.25, 0.3) is 0 Å². The number of amides is 1. The van der Waals surface area contributed by atoms with Crippen LogP contribution in [0.15, 0.2) is 5.16 Å². The molecular formula is C10H21N3O3. The summed E-state index contributed by atoms with van der Waals surface area (Å²) in [7, 11) is 0. The highest BCUT2D eigenvalue weighted by atomic mass is 16.5. The van der Waals surface area contributed by atoms with Crippen LogP contribution in [0.2, 0.25) is 0 Å². The largest absolute Gasteiger partial charge is 0.409 e. The number of unbranched alkanes of at least 4 members (excludes halogenated alkanes) is 1. The molecule has 94 valence electrons.